The maximum Gasteiger partial charge on any atom is 0.0366 e. The largest absolute Gasteiger partial charge is 0.370 e. The first-order chi connectivity index (χ1) is 9.22. The molecule has 2 nitrogen and oxygen atoms in total. The van der Waals surface area contributed by atoms with Crippen LogP contribution in [0.4, 0.5) is 5.69 Å². The Morgan fingerprint density at radius 3 is 2.37 bits per heavy atom. The number of hydrogen-bond donors (Lipinski definition) is 1. The first-order valence-electron chi connectivity index (χ1n) is 7.70. The molecule has 2 unspecified atom stereocenters. The third-order valence-corrected chi connectivity index (χ3v) is 4.02. The van der Waals surface area contributed by atoms with Gasteiger partial charge >= 0.3 is 0 Å². The van der Waals surface area contributed by atoms with Crippen LogP contribution in [0.2, 0.25) is 0 Å². The second kappa shape index (κ2) is 8.98. The van der Waals surface area contributed by atoms with Gasteiger partial charge in [0, 0.05) is 24.8 Å². The topological polar surface area (TPSA) is 15.3 Å². The maximum atomic E-state index is 3.49. The van der Waals surface area contributed by atoms with Crippen molar-refractivity contribution in [1.82, 2.24) is 5.32 Å². The lowest BCUT2D eigenvalue weighted by Crippen LogP contribution is -2.43. The van der Waals surface area contributed by atoms with Crippen LogP contribution in [0.15, 0.2) is 30.3 Å². The standard InChI is InChI=1S/C17H30N2/c1-5-7-13-19(16-11-9-8-10-12-16)14-17(18-4)15(3)6-2/h8-12,15,17-18H,5-7,13-14H2,1-4H3. The molecule has 2 heteroatoms. The van der Waals surface area contributed by atoms with Gasteiger partial charge in [-0.15, -0.1) is 0 Å². The smallest absolute Gasteiger partial charge is 0.0366 e. The van der Waals surface area contributed by atoms with Crippen LogP contribution in [0.1, 0.15) is 40.0 Å². The first kappa shape index (κ1) is 16.0. The van der Waals surface area contributed by atoms with Crippen molar-refractivity contribution in [3.05, 3.63) is 30.3 Å². The van der Waals surface area contributed by atoms with Crippen molar-refractivity contribution in [2.45, 2.75) is 46.1 Å². The second-order valence-corrected chi connectivity index (χ2v) is 5.42. The Hall–Kier alpha value is -1.02. The number of benzene rings is 1. The normalized spacial score (nSPS) is 14.1. The van der Waals surface area contributed by atoms with Gasteiger partial charge in [-0.3, -0.25) is 0 Å². The lowest BCUT2D eigenvalue weighted by Gasteiger charge is -2.32. The number of unbranched alkanes of at least 4 members (excludes halogenated alkanes) is 1. The van der Waals surface area contributed by atoms with Gasteiger partial charge in [-0.2, -0.15) is 0 Å². The summed E-state index contributed by atoms with van der Waals surface area (Å²) in [7, 11) is 2.08. The van der Waals surface area contributed by atoms with E-state index in [2.05, 4.69) is 68.4 Å². The summed E-state index contributed by atoms with van der Waals surface area (Å²) in [5.74, 6) is 0.706. The molecule has 0 heterocycles. The van der Waals surface area contributed by atoms with E-state index in [0.29, 0.717) is 12.0 Å². The van der Waals surface area contributed by atoms with E-state index in [1.165, 1.54) is 24.9 Å². The third kappa shape index (κ3) is 5.23. The fourth-order valence-electron chi connectivity index (χ4n) is 2.39. The van der Waals surface area contributed by atoms with Gasteiger partial charge in [-0.25, -0.2) is 0 Å². The number of rotatable bonds is 9. The van der Waals surface area contributed by atoms with Crippen molar-refractivity contribution >= 4 is 5.69 Å². The quantitative estimate of drug-likeness (QED) is 0.725. The molecule has 108 valence electrons. The number of nitrogens with zero attached hydrogens (tertiary/aromatic N) is 1. The van der Waals surface area contributed by atoms with E-state index >= 15 is 0 Å². The summed E-state index contributed by atoms with van der Waals surface area (Å²) in [6.07, 6.45) is 3.73. The van der Waals surface area contributed by atoms with E-state index in [9.17, 15) is 0 Å². The minimum absolute atomic E-state index is 0.557. The molecule has 0 aliphatic rings. The molecule has 2 atom stereocenters. The highest BCUT2D eigenvalue weighted by Gasteiger charge is 2.17. The second-order valence-electron chi connectivity index (χ2n) is 5.42. The zero-order valence-electron chi connectivity index (χ0n) is 13.0. The van der Waals surface area contributed by atoms with Crippen molar-refractivity contribution < 1.29 is 0 Å². The molecule has 1 rings (SSSR count). The zero-order chi connectivity index (χ0) is 14.1. The van der Waals surface area contributed by atoms with Crippen LogP contribution in [0.25, 0.3) is 0 Å². The molecular formula is C17H30N2. The lowest BCUT2D eigenvalue weighted by atomic mass is 9.98. The molecule has 0 radical (unpaired) electrons. The average Bonchev–Trinajstić information content (AvgIpc) is 2.47. The Balaban J connectivity index is 2.73. The van der Waals surface area contributed by atoms with Crippen LogP contribution in [-0.2, 0) is 0 Å². The van der Waals surface area contributed by atoms with Crippen LogP contribution in [0.5, 0.6) is 0 Å². The summed E-state index contributed by atoms with van der Waals surface area (Å²) in [4.78, 5) is 2.52. The molecule has 1 N–H and O–H groups in total. The molecule has 0 fully saturated rings. The first-order valence-corrected chi connectivity index (χ1v) is 7.70. The Labute approximate surface area is 119 Å². The molecule has 0 aliphatic heterocycles. The van der Waals surface area contributed by atoms with Crippen LogP contribution in [0, 0.1) is 5.92 Å². The molecule has 0 aromatic heterocycles. The van der Waals surface area contributed by atoms with E-state index in [1.807, 2.05) is 0 Å². The molecule has 0 saturated carbocycles. The van der Waals surface area contributed by atoms with Crippen LogP contribution in [0.3, 0.4) is 0 Å². The van der Waals surface area contributed by atoms with Crippen molar-refractivity contribution in [1.29, 1.82) is 0 Å². The maximum absolute atomic E-state index is 3.49. The summed E-state index contributed by atoms with van der Waals surface area (Å²) >= 11 is 0. The molecular weight excluding hydrogens is 232 g/mol. The van der Waals surface area contributed by atoms with E-state index in [-0.39, 0.29) is 0 Å². The summed E-state index contributed by atoms with van der Waals surface area (Å²) < 4.78 is 0. The number of hydrogen-bond acceptors (Lipinski definition) is 2. The van der Waals surface area contributed by atoms with Gasteiger partial charge in [0.25, 0.3) is 0 Å². The van der Waals surface area contributed by atoms with Crippen molar-refractivity contribution in [3.63, 3.8) is 0 Å². The van der Waals surface area contributed by atoms with Crippen LogP contribution >= 0.6 is 0 Å². The van der Waals surface area contributed by atoms with E-state index in [4.69, 9.17) is 0 Å². The predicted molar refractivity (Wildman–Crippen MR) is 85.9 cm³/mol. The van der Waals surface area contributed by atoms with Crippen molar-refractivity contribution in [2.24, 2.45) is 5.92 Å². The Morgan fingerprint density at radius 2 is 1.84 bits per heavy atom. The summed E-state index contributed by atoms with van der Waals surface area (Å²) in [6, 6.07) is 11.4. The fourth-order valence-corrected chi connectivity index (χ4v) is 2.39. The van der Waals surface area contributed by atoms with E-state index in [1.54, 1.807) is 0 Å². The SMILES string of the molecule is CCCCN(CC(NC)C(C)CC)c1ccccc1. The van der Waals surface area contributed by atoms with E-state index < -0.39 is 0 Å². The van der Waals surface area contributed by atoms with Gasteiger partial charge in [0.15, 0.2) is 0 Å². The van der Waals surface area contributed by atoms with Crippen molar-refractivity contribution in [3.8, 4) is 0 Å². The minimum atomic E-state index is 0.557. The summed E-state index contributed by atoms with van der Waals surface area (Å²) in [6.45, 7) is 9.11. The van der Waals surface area contributed by atoms with Gasteiger partial charge < -0.3 is 10.2 Å². The van der Waals surface area contributed by atoms with E-state index in [0.717, 1.165) is 13.1 Å². The Kier molecular flexibility index (Phi) is 7.57. The van der Waals surface area contributed by atoms with Gasteiger partial charge in [-0.1, -0.05) is 51.8 Å². The zero-order valence-corrected chi connectivity index (χ0v) is 13.0. The molecule has 1 aromatic rings. The molecule has 19 heavy (non-hydrogen) atoms. The molecule has 0 amide bonds. The minimum Gasteiger partial charge on any atom is -0.370 e. The van der Waals surface area contributed by atoms with Crippen LogP contribution in [-0.4, -0.2) is 26.2 Å². The Morgan fingerprint density at radius 1 is 1.16 bits per heavy atom. The number of likely N-dealkylation sites (N-methyl/N-ethyl adjacent to an activating group) is 1. The van der Waals surface area contributed by atoms with Crippen molar-refractivity contribution in [2.75, 3.05) is 25.0 Å². The summed E-state index contributed by atoms with van der Waals surface area (Å²) in [5.41, 5.74) is 1.35. The highest BCUT2D eigenvalue weighted by atomic mass is 15.2. The highest BCUT2D eigenvalue weighted by molar-refractivity contribution is 5.46. The number of nitrogens with one attached hydrogen (secondary N) is 1. The number of para-hydroxylation sites is 1. The monoisotopic (exact) mass is 262 g/mol. The Bertz CT molecular complexity index is 323. The summed E-state index contributed by atoms with van der Waals surface area (Å²) in [5, 5.41) is 3.49. The lowest BCUT2D eigenvalue weighted by molar-refractivity contribution is 0.386. The van der Waals surface area contributed by atoms with Gasteiger partial charge in [0.05, 0.1) is 0 Å². The molecule has 0 saturated heterocycles. The highest BCUT2D eigenvalue weighted by Crippen LogP contribution is 2.17. The van der Waals surface area contributed by atoms with Gasteiger partial charge in [-0.05, 0) is 31.5 Å². The molecule has 0 aliphatic carbocycles. The van der Waals surface area contributed by atoms with Crippen LogP contribution < -0.4 is 10.2 Å². The van der Waals surface area contributed by atoms with Gasteiger partial charge in [0.1, 0.15) is 0 Å². The number of anilines is 1. The predicted octanol–water partition coefficient (Wildman–Crippen LogP) is 3.93. The third-order valence-electron chi connectivity index (χ3n) is 4.02. The molecule has 0 bridgehead atoms. The molecule has 1 aromatic carbocycles. The average molecular weight is 262 g/mol. The fraction of sp³-hybridized carbons (Fsp3) is 0.647. The van der Waals surface area contributed by atoms with Gasteiger partial charge in [0.2, 0.25) is 0 Å². The molecule has 0 spiro atoms.